The second-order valence-electron chi connectivity index (χ2n) is 3.36. The third kappa shape index (κ3) is 2.47. The highest BCUT2D eigenvalue weighted by Crippen LogP contribution is 2.26. The number of hydrogen-bond acceptors (Lipinski definition) is 4. The minimum atomic E-state index is 0.372. The van der Waals surface area contributed by atoms with Crippen molar-refractivity contribution in [2.24, 2.45) is 0 Å². The molecule has 4 nitrogen and oxygen atoms in total. The summed E-state index contributed by atoms with van der Waals surface area (Å²) in [4.78, 5) is 3.95. The first-order valence-electron chi connectivity index (χ1n) is 4.88. The van der Waals surface area contributed by atoms with Gasteiger partial charge in [-0.1, -0.05) is 11.6 Å². The number of hydrogen-bond donors (Lipinski definition) is 2. The van der Waals surface area contributed by atoms with Crippen LogP contribution in [0.3, 0.4) is 0 Å². The van der Waals surface area contributed by atoms with Crippen molar-refractivity contribution in [3.05, 3.63) is 47.1 Å². The van der Waals surface area contributed by atoms with Crippen molar-refractivity contribution in [2.75, 3.05) is 11.1 Å². The molecule has 0 radical (unpaired) electrons. The zero-order valence-corrected chi connectivity index (χ0v) is 9.57. The molecule has 5 heteroatoms. The molecule has 0 saturated carbocycles. The molecule has 0 fully saturated rings. The summed E-state index contributed by atoms with van der Waals surface area (Å²) in [5.41, 5.74) is 7.46. The molecule has 0 atom stereocenters. The van der Waals surface area contributed by atoms with Gasteiger partial charge in [-0.15, -0.1) is 0 Å². The van der Waals surface area contributed by atoms with Crippen molar-refractivity contribution >= 4 is 28.8 Å². The lowest BCUT2D eigenvalue weighted by Gasteiger charge is -2.09. The molecule has 1 aromatic heterocycles. The van der Waals surface area contributed by atoms with Crippen LogP contribution < -0.4 is 11.1 Å². The van der Waals surface area contributed by atoms with E-state index in [0.29, 0.717) is 27.8 Å². The largest absolute Gasteiger partial charge is 0.382 e. The Bertz CT molecular complexity index is 589. The van der Waals surface area contributed by atoms with Crippen molar-refractivity contribution in [3.8, 4) is 6.07 Å². The van der Waals surface area contributed by atoms with Crippen LogP contribution in [0, 0.1) is 11.3 Å². The van der Waals surface area contributed by atoms with E-state index in [1.165, 1.54) is 0 Å². The van der Waals surface area contributed by atoms with Crippen molar-refractivity contribution in [2.45, 2.75) is 0 Å². The molecule has 0 aliphatic heterocycles. The first kappa shape index (κ1) is 11.2. The average molecular weight is 245 g/mol. The molecule has 3 N–H and O–H groups in total. The van der Waals surface area contributed by atoms with Gasteiger partial charge in [0.2, 0.25) is 0 Å². The van der Waals surface area contributed by atoms with Crippen molar-refractivity contribution in [1.29, 1.82) is 5.26 Å². The highest BCUT2D eigenvalue weighted by atomic mass is 35.5. The van der Waals surface area contributed by atoms with E-state index in [4.69, 9.17) is 22.6 Å². The van der Waals surface area contributed by atoms with E-state index in [9.17, 15) is 0 Å². The van der Waals surface area contributed by atoms with Gasteiger partial charge in [-0.2, -0.15) is 5.26 Å². The van der Waals surface area contributed by atoms with E-state index >= 15 is 0 Å². The van der Waals surface area contributed by atoms with Crippen LogP contribution in [0.15, 0.2) is 36.5 Å². The van der Waals surface area contributed by atoms with Gasteiger partial charge >= 0.3 is 0 Å². The van der Waals surface area contributed by atoms with Crippen LogP contribution >= 0.6 is 11.6 Å². The monoisotopic (exact) mass is 244 g/mol. The maximum atomic E-state index is 8.98. The molecule has 0 bridgehead atoms. The number of anilines is 3. The van der Waals surface area contributed by atoms with Crippen LogP contribution in [0.25, 0.3) is 0 Å². The minimum absolute atomic E-state index is 0.372. The molecular formula is C12H9ClN4. The molecule has 1 heterocycles. The fourth-order valence-corrected chi connectivity index (χ4v) is 1.56. The van der Waals surface area contributed by atoms with Crippen molar-refractivity contribution < 1.29 is 0 Å². The molecule has 0 aliphatic rings. The molecule has 2 rings (SSSR count). The molecule has 0 unspecified atom stereocenters. The van der Waals surface area contributed by atoms with Gasteiger partial charge in [-0.25, -0.2) is 4.98 Å². The Balaban J connectivity index is 2.40. The molecule has 0 aliphatic carbocycles. The predicted molar refractivity (Wildman–Crippen MR) is 68.1 cm³/mol. The van der Waals surface area contributed by atoms with E-state index in [2.05, 4.69) is 16.4 Å². The number of rotatable bonds is 2. The Kier molecular flexibility index (Phi) is 3.12. The summed E-state index contributed by atoms with van der Waals surface area (Å²) in [7, 11) is 0. The topological polar surface area (TPSA) is 74.7 Å². The van der Waals surface area contributed by atoms with Gasteiger partial charge in [-0.3, -0.25) is 0 Å². The Morgan fingerprint density at radius 2 is 2.12 bits per heavy atom. The van der Waals surface area contributed by atoms with E-state index in [1.807, 2.05) is 0 Å². The van der Waals surface area contributed by atoms with E-state index in [1.54, 1.807) is 36.5 Å². The van der Waals surface area contributed by atoms with Crippen LogP contribution in [0.4, 0.5) is 17.2 Å². The summed E-state index contributed by atoms with van der Waals surface area (Å²) in [5.74, 6) is 0.372. The summed E-state index contributed by atoms with van der Waals surface area (Å²) < 4.78 is 0. The molecule has 17 heavy (non-hydrogen) atoms. The normalized spacial score (nSPS) is 9.65. The average Bonchev–Trinajstić information content (AvgIpc) is 2.32. The van der Waals surface area contributed by atoms with Gasteiger partial charge in [0.05, 0.1) is 16.9 Å². The zero-order chi connectivity index (χ0) is 12.3. The van der Waals surface area contributed by atoms with Gasteiger partial charge < -0.3 is 11.1 Å². The maximum Gasteiger partial charge on any atom is 0.147 e. The lowest BCUT2D eigenvalue weighted by Crippen LogP contribution is -1.99. The molecule has 1 aromatic carbocycles. The minimum Gasteiger partial charge on any atom is -0.382 e. The number of aromatic nitrogens is 1. The highest BCUT2D eigenvalue weighted by Gasteiger charge is 2.05. The first-order chi connectivity index (χ1) is 8.20. The molecule has 0 spiro atoms. The number of pyridine rings is 1. The number of nitrogens with zero attached hydrogens (tertiary/aromatic N) is 2. The van der Waals surface area contributed by atoms with Crippen LogP contribution in [0.2, 0.25) is 5.02 Å². The second-order valence-corrected chi connectivity index (χ2v) is 3.80. The number of nitrogens with one attached hydrogen (secondary N) is 1. The van der Waals surface area contributed by atoms with Gasteiger partial charge in [0.1, 0.15) is 11.9 Å². The Morgan fingerprint density at radius 1 is 1.29 bits per heavy atom. The first-order valence-corrected chi connectivity index (χ1v) is 5.25. The number of benzene rings is 1. The standard InChI is InChI=1S/C12H9ClN4/c13-9-4-3-8(7-14)11(6-9)17-10-2-1-5-16-12(10)15/h1-6,17H,(H2,15,16). The van der Waals surface area contributed by atoms with Gasteiger partial charge in [0, 0.05) is 11.2 Å². The van der Waals surface area contributed by atoms with Crippen LogP contribution in [0.5, 0.6) is 0 Å². The van der Waals surface area contributed by atoms with Crippen molar-refractivity contribution in [1.82, 2.24) is 4.98 Å². The van der Waals surface area contributed by atoms with Crippen molar-refractivity contribution in [3.63, 3.8) is 0 Å². The highest BCUT2D eigenvalue weighted by molar-refractivity contribution is 6.30. The molecule has 0 amide bonds. The fourth-order valence-electron chi connectivity index (χ4n) is 1.39. The third-order valence-corrected chi connectivity index (χ3v) is 2.45. The third-order valence-electron chi connectivity index (χ3n) is 2.21. The predicted octanol–water partition coefficient (Wildman–Crippen LogP) is 2.93. The SMILES string of the molecule is N#Cc1ccc(Cl)cc1Nc1cccnc1N. The maximum absolute atomic E-state index is 8.98. The Labute approximate surface area is 104 Å². The van der Waals surface area contributed by atoms with Crippen LogP contribution in [-0.4, -0.2) is 4.98 Å². The summed E-state index contributed by atoms with van der Waals surface area (Å²) in [6.07, 6.45) is 1.60. The quantitative estimate of drug-likeness (QED) is 0.852. The van der Waals surface area contributed by atoms with E-state index in [0.717, 1.165) is 0 Å². The second kappa shape index (κ2) is 4.73. The molecule has 0 saturated heterocycles. The molecule has 2 aromatic rings. The summed E-state index contributed by atoms with van der Waals surface area (Å²) in [6.45, 7) is 0. The number of nitriles is 1. The van der Waals surface area contributed by atoms with E-state index in [-0.39, 0.29) is 0 Å². The van der Waals surface area contributed by atoms with Gasteiger partial charge in [-0.05, 0) is 30.3 Å². The molecule has 84 valence electrons. The summed E-state index contributed by atoms with van der Waals surface area (Å²) >= 11 is 5.88. The van der Waals surface area contributed by atoms with Gasteiger partial charge in [0.25, 0.3) is 0 Å². The zero-order valence-electron chi connectivity index (χ0n) is 8.81. The van der Waals surface area contributed by atoms with E-state index < -0.39 is 0 Å². The smallest absolute Gasteiger partial charge is 0.147 e. The summed E-state index contributed by atoms with van der Waals surface area (Å²) in [5, 5.41) is 12.6. The lowest BCUT2D eigenvalue weighted by atomic mass is 10.2. The fraction of sp³-hybridized carbons (Fsp3) is 0. The van der Waals surface area contributed by atoms with Crippen LogP contribution in [0.1, 0.15) is 5.56 Å². The number of nitrogen functional groups attached to an aromatic ring is 1. The van der Waals surface area contributed by atoms with Crippen LogP contribution in [-0.2, 0) is 0 Å². The number of halogens is 1. The number of nitrogens with two attached hydrogens (primary N) is 1. The Hall–Kier alpha value is -2.25. The molecular weight excluding hydrogens is 236 g/mol. The van der Waals surface area contributed by atoms with Gasteiger partial charge in [0.15, 0.2) is 0 Å². The lowest BCUT2D eigenvalue weighted by molar-refractivity contribution is 1.33. The Morgan fingerprint density at radius 3 is 2.82 bits per heavy atom. The summed E-state index contributed by atoms with van der Waals surface area (Å²) in [6, 6.07) is 10.6.